The second-order valence-corrected chi connectivity index (χ2v) is 4.91. The van der Waals surface area contributed by atoms with Crippen LogP contribution >= 0.6 is 11.6 Å². The van der Waals surface area contributed by atoms with Crippen LogP contribution in [0.15, 0.2) is 59.6 Å². The minimum absolute atomic E-state index is 0.154. The molecule has 1 N–H and O–H groups in total. The van der Waals surface area contributed by atoms with Gasteiger partial charge < -0.3 is 4.90 Å². The van der Waals surface area contributed by atoms with Crippen LogP contribution in [0, 0.1) is 5.41 Å². The highest BCUT2D eigenvalue weighted by Gasteiger charge is 2.05. The van der Waals surface area contributed by atoms with E-state index in [1.54, 1.807) is 19.0 Å². The van der Waals surface area contributed by atoms with Gasteiger partial charge in [0.05, 0.1) is 0 Å². The summed E-state index contributed by atoms with van der Waals surface area (Å²) in [4.78, 5) is 5.74. The van der Waals surface area contributed by atoms with Gasteiger partial charge in [-0.2, -0.15) is 0 Å². The lowest BCUT2D eigenvalue weighted by atomic mass is 10.0. The van der Waals surface area contributed by atoms with Crippen molar-refractivity contribution in [3.8, 4) is 11.1 Å². The molecule has 2 aromatic carbocycles. The van der Waals surface area contributed by atoms with Crippen molar-refractivity contribution < 1.29 is 0 Å². The number of halogens is 1. The van der Waals surface area contributed by atoms with Crippen molar-refractivity contribution in [2.24, 2.45) is 4.99 Å². The summed E-state index contributed by atoms with van der Waals surface area (Å²) < 4.78 is 0. The third-order valence-electron chi connectivity index (χ3n) is 2.82. The highest BCUT2D eigenvalue weighted by Crippen LogP contribution is 2.20. The summed E-state index contributed by atoms with van der Waals surface area (Å²) in [5.41, 5.74) is 2.92. The van der Waals surface area contributed by atoms with Gasteiger partial charge in [0, 0.05) is 19.7 Å². The summed E-state index contributed by atoms with van der Waals surface area (Å²) in [7, 11) is 3.58. The van der Waals surface area contributed by atoms with Crippen LogP contribution in [0.2, 0.25) is 0 Å². The largest absolute Gasteiger partial charge is 0.353 e. The number of aliphatic imine (C=N–C) groups is 1. The Morgan fingerprint density at radius 2 is 1.65 bits per heavy atom. The van der Waals surface area contributed by atoms with Crippen molar-refractivity contribution in [3.63, 3.8) is 0 Å². The van der Waals surface area contributed by atoms with E-state index in [-0.39, 0.29) is 5.84 Å². The van der Waals surface area contributed by atoms with Crippen LogP contribution in [0.4, 0.5) is 0 Å². The summed E-state index contributed by atoms with van der Waals surface area (Å²) >= 11 is 5.95. The van der Waals surface area contributed by atoms with Crippen molar-refractivity contribution >= 4 is 22.7 Å². The van der Waals surface area contributed by atoms with Crippen molar-refractivity contribution in [1.29, 1.82) is 5.41 Å². The minimum Gasteiger partial charge on any atom is -0.353 e. The molecule has 2 rings (SSSR count). The van der Waals surface area contributed by atoms with Crippen LogP contribution in [-0.2, 0) is 0 Å². The molecule has 0 saturated heterocycles. The van der Waals surface area contributed by atoms with Gasteiger partial charge in [-0.1, -0.05) is 48.5 Å². The lowest BCUT2D eigenvalue weighted by Gasteiger charge is -2.09. The molecule has 3 nitrogen and oxygen atoms in total. The van der Waals surface area contributed by atoms with Crippen LogP contribution in [0.1, 0.15) is 5.56 Å². The molecule has 0 radical (unpaired) electrons. The van der Waals surface area contributed by atoms with Gasteiger partial charge in [-0.05, 0) is 28.8 Å². The van der Waals surface area contributed by atoms with E-state index in [1.807, 2.05) is 54.6 Å². The molecule has 0 aliphatic heterocycles. The monoisotopic (exact) mass is 285 g/mol. The van der Waals surface area contributed by atoms with Gasteiger partial charge >= 0.3 is 0 Å². The first kappa shape index (κ1) is 14.3. The Bertz CT molecular complexity index is 633. The average molecular weight is 286 g/mol. The van der Waals surface area contributed by atoms with E-state index in [1.165, 1.54) is 0 Å². The first-order valence-electron chi connectivity index (χ1n) is 6.24. The zero-order chi connectivity index (χ0) is 14.5. The summed E-state index contributed by atoms with van der Waals surface area (Å²) in [6, 6.07) is 17.8. The molecule has 0 heterocycles. The van der Waals surface area contributed by atoms with E-state index in [9.17, 15) is 0 Å². The van der Waals surface area contributed by atoms with Crippen LogP contribution in [0.25, 0.3) is 11.1 Å². The van der Waals surface area contributed by atoms with Crippen molar-refractivity contribution in [2.45, 2.75) is 0 Å². The Balaban J connectivity index is 2.31. The van der Waals surface area contributed by atoms with Gasteiger partial charge in [0.15, 0.2) is 11.1 Å². The number of hydrogen-bond donors (Lipinski definition) is 1. The fourth-order valence-electron chi connectivity index (χ4n) is 1.73. The standard InChI is InChI=1S/C16H16ClN3/c1-20(2)16(17)19-15(18)14-10-6-9-13(11-14)12-7-4-3-5-8-12/h3-11,18H,1-2H3. The third kappa shape index (κ3) is 3.45. The Morgan fingerprint density at radius 1 is 1.00 bits per heavy atom. The van der Waals surface area contributed by atoms with Gasteiger partial charge in [0.1, 0.15) is 0 Å². The number of nitrogens with zero attached hydrogens (tertiary/aromatic N) is 2. The zero-order valence-corrected chi connectivity index (χ0v) is 12.2. The topological polar surface area (TPSA) is 39.5 Å². The molecule has 20 heavy (non-hydrogen) atoms. The van der Waals surface area contributed by atoms with Gasteiger partial charge in [0.2, 0.25) is 0 Å². The molecular formula is C16H16ClN3. The maximum Gasteiger partial charge on any atom is 0.200 e. The average Bonchev–Trinajstić information content (AvgIpc) is 2.48. The Hall–Kier alpha value is -2.13. The van der Waals surface area contributed by atoms with E-state index in [2.05, 4.69) is 4.99 Å². The number of hydrogen-bond acceptors (Lipinski definition) is 1. The Morgan fingerprint density at radius 3 is 2.30 bits per heavy atom. The fourth-order valence-corrected chi connectivity index (χ4v) is 1.82. The quantitative estimate of drug-likeness (QED) is 0.508. The molecule has 102 valence electrons. The van der Waals surface area contributed by atoms with E-state index in [0.29, 0.717) is 5.29 Å². The first-order valence-corrected chi connectivity index (χ1v) is 6.61. The molecule has 0 aliphatic carbocycles. The second kappa shape index (κ2) is 6.35. The van der Waals surface area contributed by atoms with E-state index in [0.717, 1.165) is 16.7 Å². The maximum absolute atomic E-state index is 8.01. The molecule has 0 unspecified atom stereocenters. The predicted octanol–water partition coefficient (Wildman–Crippen LogP) is 3.84. The SMILES string of the molecule is CN(C)C(Cl)=NC(=N)c1cccc(-c2ccccc2)c1. The summed E-state index contributed by atoms with van der Waals surface area (Å²) in [6.07, 6.45) is 0. The summed E-state index contributed by atoms with van der Waals surface area (Å²) in [6.45, 7) is 0. The molecule has 0 spiro atoms. The van der Waals surface area contributed by atoms with Crippen LogP contribution in [0.3, 0.4) is 0 Å². The van der Waals surface area contributed by atoms with E-state index in [4.69, 9.17) is 17.0 Å². The maximum atomic E-state index is 8.01. The van der Waals surface area contributed by atoms with Gasteiger partial charge in [-0.25, -0.2) is 4.99 Å². The molecule has 0 aromatic heterocycles. The summed E-state index contributed by atoms with van der Waals surface area (Å²) in [5.74, 6) is 0.154. The molecule has 4 heteroatoms. The van der Waals surface area contributed by atoms with E-state index < -0.39 is 0 Å². The second-order valence-electron chi connectivity index (χ2n) is 4.57. The molecule has 0 saturated carbocycles. The number of rotatable bonds is 2. The summed E-state index contributed by atoms with van der Waals surface area (Å²) in [5, 5.41) is 8.31. The highest BCUT2D eigenvalue weighted by atomic mass is 35.5. The molecule has 2 aromatic rings. The van der Waals surface area contributed by atoms with Crippen LogP contribution < -0.4 is 0 Å². The smallest absolute Gasteiger partial charge is 0.200 e. The predicted molar refractivity (Wildman–Crippen MR) is 85.7 cm³/mol. The highest BCUT2D eigenvalue weighted by molar-refractivity contribution is 6.65. The third-order valence-corrected chi connectivity index (χ3v) is 3.24. The van der Waals surface area contributed by atoms with Gasteiger partial charge in [-0.3, -0.25) is 5.41 Å². The normalized spacial score (nSPS) is 11.2. The van der Waals surface area contributed by atoms with Crippen molar-refractivity contribution in [1.82, 2.24) is 4.90 Å². The molecule has 0 fully saturated rings. The number of benzene rings is 2. The van der Waals surface area contributed by atoms with Crippen LogP contribution in [-0.4, -0.2) is 30.1 Å². The zero-order valence-electron chi connectivity index (χ0n) is 11.5. The molecule has 0 atom stereocenters. The molecule has 0 bridgehead atoms. The number of nitrogens with one attached hydrogen (secondary N) is 1. The van der Waals surface area contributed by atoms with Crippen LogP contribution in [0.5, 0.6) is 0 Å². The van der Waals surface area contributed by atoms with E-state index >= 15 is 0 Å². The lowest BCUT2D eigenvalue weighted by Crippen LogP contribution is -2.17. The number of amidine groups is 2. The first-order chi connectivity index (χ1) is 9.58. The van der Waals surface area contributed by atoms with Gasteiger partial charge in [-0.15, -0.1) is 0 Å². The fraction of sp³-hybridized carbons (Fsp3) is 0.125. The lowest BCUT2D eigenvalue weighted by molar-refractivity contribution is 0.636. The minimum atomic E-state index is 0.154. The van der Waals surface area contributed by atoms with Crippen molar-refractivity contribution in [2.75, 3.05) is 14.1 Å². The molecular weight excluding hydrogens is 270 g/mol. The molecule has 0 amide bonds. The molecule has 0 aliphatic rings. The van der Waals surface area contributed by atoms with Gasteiger partial charge in [0.25, 0.3) is 0 Å². The Kier molecular flexibility index (Phi) is 4.53. The van der Waals surface area contributed by atoms with Crippen molar-refractivity contribution in [3.05, 3.63) is 60.2 Å². The Labute approximate surface area is 124 Å².